The molecule has 0 aliphatic carbocycles. The zero-order valence-corrected chi connectivity index (χ0v) is 7.33. The van der Waals surface area contributed by atoms with Crippen LogP contribution in [0.25, 0.3) is 0 Å². The van der Waals surface area contributed by atoms with Gasteiger partial charge < -0.3 is 0 Å². The van der Waals surface area contributed by atoms with E-state index >= 15 is 0 Å². The first-order chi connectivity index (χ1) is 5.07. The molecule has 0 rings (SSSR count). The molecule has 0 aliphatic rings. The lowest BCUT2D eigenvalue weighted by molar-refractivity contribution is 0.452. The fourth-order valence-corrected chi connectivity index (χ4v) is 0.319. The Morgan fingerprint density at radius 3 is 2.45 bits per heavy atom. The molecule has 0 saturated carbocycles. The van der Waals surface area contributed by atoms with E-state index in [-0.39, 0.29) is 0 Å². The molecule has 0 saturated heterocycles. The highest BCUT2D eigenvalue weighted by Gasteiger charge is 1.88. The lowest BCUT2D eigenvalue weighted by atomic mass is 10.1. The Morgan fingerprint density at radius 1 is 1.55 bits per heavy atom. The molecule has 0 aromatic heterocycles. The van der Waals surface area contributed by atoms with Gasteiger partial charge in [-0.1, -0.05) is 6.58 Å². The van der Waals surface area contributed by atoms with Gasteiger partial charge in [0, 0.05) is 19.0 Å². The molecule has 0 aromatic rings. The number of allylic oxidation sites excluding steroid dienone is 2. The third-order valence-electron chi connectivity index (χ3n) is 1.25. The van der Waals surface area contributed by atoms with E-state index in [0.29, 0.717) is 0 Å². The molecular formula is C8H13BN2. The molecule has 0 N–H and O–H groups in total. The Morgan fingerprint density at radius 2 is 2.09 bits per heavy atom. The largest absolute Gasteiger partial charge is 0.274 e. The average Bonchev–Trinajstić information content (AvgIpc) is 1.99. The van der Waals surface area contributed by atoms with Crippen molar-refractivity contribution < 1.29 is 0 Å². The van der Waals surface area contributed by atoms with E-state index in [1.807, 2.05) is 20.9 Å². The Balaban J connectivity index is 4.03. The fourth-order valence-electron chi connectivity index (χ4n) is 0.319. The molecule has 11 heavy (non-hydrogen) atoms. The summed E-state index contributed by atoms with van der Waals surface area (Å²) in [5.41, 5.74) is 1.82. The summed E-state index contributed by atoms with van der Waals surface area (Å²) in [7, 11) is 7.08. The van der Waals surface area contributed by atoms with E-state index in [2.05, 4.69) is 11.7 Å². The zero-order chi connectivity index (χ0) is 8.85. The van der Waals surface area contributed by atoms with Crippen LogP contribution in [0.1, 0.15) is 13.8 Å². The van der Waals surface area contributed by atoms with Gasteiger partial charge >= 0.3 is 0 Å². The Labute approximate surface area is 69.7 Å². The van der Waals surface area contributed by atoms with E-state index in [1.54, 1.807) is 11.2 Å². The molecule has 0 atom stereocenters. The third-order valence-corrected chi connectivity index (χ3v) is 1.25. The Bertz CT molecular complexity index is 194. The molecule has 3 heteroatoms. The summed E-state index contributed by atoms with van der Waals surface area (Å²) in [6.07, 6.45) is 1.69. The smallest absolute Gasteiger partial charge is 0.103 e. The minimum atomic E-state index is 0.895. The second-order valence-corrected chi connectivity index (χ2v) is 2.41. The van der Waals surface area contributed by atoms with Crippen molar-refractivity contribution in [3.8, 4) is 0 Å². The summed E-state index contributed by atoms with van der Waals surface area (Å²) in [5, 5.41) is 5.74. The Kier molecular flexibility index (Phi) is 4.35. The molecule has 0 unspecified atom stereocenters. The summed E-state index contributed by atoms with van der Waals surface area (Å²) >= 11 is 0. The molecule has 0 bridgehead atoms. The normalized spacial score (nSPS) is 12.1. The Hall–Kier alpha value is -0.985. The van der Waals surface area contributed by atoms with Crippen molar-refractivity contribution >= 4 is 14.1 Å². The zero-order valence-electron chi connectivity index (χ0n) is 7.33. The highest BCUT2D eigenvalue weighted by atomic mass is 15.4. The fraction of sp³-hybridized carbons (Fsp3) is 0.375. The van der Waals surface area contributed by atoms with Crippen molar-refractivity contribution in [2.75, 3.05) is 7.05 Å². The van der Waals surface area contributed by atoms with Crippen molar-refractivity contribution in [2.45, 2.75) is 13.8 Å². The first-order valence-electron chi connectivity index (χ1n) is 3.39. The van der Waals surface area contributed by atoms with Gasteiger partial charge in [-0.2, -0.15) is 5.10 Å². The maximum Gasteiger partial charge on any atom is 0.103 e. The SMILES string of the molecule is [B]/C=C(C)/C=N\N(C)C(=C)C. The molecule has 0 heterocycles. The van der Waals surface area contributed by atoms with E-state index < -0.39 is 0 Å². The van der Waals surface area contributed by atoms with Crippen molar-refractivity contribution in [2.24, 2.45) is 5.10 Å². The summed E-state index contributed by atoms with van der Waals surface area (Å²) < 4.78 is 0. The minimum Gasteiger partial charge on any atom is -0.274 e. The van der Waals surface area contributed by atoms with Crippen LogP contribution in [0, 0.1) is 0 Å². The van der Waals surface area contributed by atoms with Crippen molar-refractivity contribution in [1.82, 2.24) is 5.01 Å². The van der Waals surface area contributed by atoms with Gasteiger partial charge in [-0.15, -0.1) is 5.98 Å². The molecule has 0 fully saturated rings. The van der Waals surface area contributed by atoms with Crippen molar-refractivity contribution in [3.05, 3.63) is 23.8 Å². The molecule has 0 aliphatic heterocycles. The van der Waals surface area contributed by atoms with Gasteiger partial charge in [0.1, 0.15) is 7.85 Å². The van der Waals surface area contributed by atoms with E-state index in [4.69, 9.17) is 7.85 Å². The molecule has 2 nitrogen and oxygen atoms in total. The summed E-state index contributed by atoms with van der Waals surface area (Å²) in [4.78, 5) is 0. The van der Waals surface area contributed by atoms with Crippen LogP contribution in [0.5, 0.6) is 0 Å². The van der Waals surface area contributed by atoms with Crippen LogP contribution in [0.15, 0.2) is 28.9 Å². The van der Waals surface area contributed by atoms with Crippen LogP contribution in [0.4, 0.5) is 0 Å². The highest BCUT2D eigenvalue weighted by Crippen LogP contribution is 1.96. The lowest BCUT2D eigenvalue weighted by Crippen LogP contribution is -2.06. The number of nitrogens with zero attached hydrogens (tertiary/aromatic N) is 2. The van der Waals surface area contributed by atoms with Gasteiger partial charge in [-0.3, -0.25) is 5.01 Å². The summed E-state index contributed by atoms with van der Waals surface area (Å²) in [6, 6.07) is 0. The second-order valence-electron chi connectivity index (χ2n) is 2.41. The van der Waals surface area contributed by atoms with Crippen LogP contribution in [0.3, 0.4) is 0 Å². The second kappa shape index (κ2) is 4.77. The first kappa shape index (κ1) is 10.0. The average molecular weight is 148 g/mol. The van der Waals surface area contributed by atoms with Gasteiger partial charge in [-0.25, -0.2) is 0 Å². The molecular weight excluding hydrogens is 135 g/mol. The topological polar surface area (TPSA) is 15.6 Å². The maximum absolute atomic E-state index is 5.24. The van der Waals surface area contributed by atoms with Crippen LogP contribution in [-0.2, 0) is 0 Å². The minimum absolute atomic E-state index is 0.895. The van der Waals surface area contributed by atoms with Crippen molar-refractivity contribution in [1.29, 1.82) is 0 Å². The molecule has 0 spiro atoms. The van der Waals surface area contributed by atoms with Gasteiger partial charge in [0.2, 0.25) is 0 Å². The molecule has 58 valence electrons. The van der Waals surface area contributed by atoms with Crippen LogP contribution < -0.4 is 0 Å². The van der Waals surface area contributed by atoms with E-state index in [1.165, 1.54) is 5.98 Å². The van der Waals surface area contributed by atoms with Crippen molar-refractivity contribution in [3.63, 3.8) is 0 Å². The van der Waals surface area contributed by atoms with Gasteiger partial charge in [-0.05, 0) is 19.4 Å². The number of hydrazone groups is 1. The predicted octanol–water partition coefficient (Wildman–Crippen LogP) is 1.51. The quantitative estimate of drug-likeness (QED) is 0.336. The van der Waals surface area contributed by atoms with Gasteiger partial charge in [0.15, 0.2) is 0 Å². The molecule has 2 radical (unpaired) electrons. The third kappa shape index (κ3) is 4.42. The number of hydrogen-bond donors (Lipinski definition) is 0. The maximum atomic E-state index is 5.24. The predicted molar refractivity (Wildman–Crippen MR) is 50.6 cm³/mol. The summed E-state index contributed by atoms with van der Waals surface area (Å²) in [5.74, 6) is 1.51. The monoisotopic (exact) mass is 148 g/mol. The lowest BCUT2D eigenvalue weighted by Gasteiger charge is -2.10. The molecule has 0 aromatic carbocycles. The molecule has 0 amide bonds. The van der Waals surface area contributed by atoms with Gasteiger partial charge in [0.25, 0.3) is 0 Å². The standard InChI is InChI=1S/C8H13BN2/c1-7(2)11(4)10-6-8(3)5-9/h5-6H,1H2,2-4H3/b8-5+,10-6-. The number of hydrogen-bond acceptors (Lipinski definition) is 2. The highest BCUT2D eigenvalue weighted by molar-refractivity contribution is 6.19. The first-order valence-corrected chi connectivity index (χ1v) is 3.39. The van der Waals surface area contributed by atoms with E-state index in [9.17, 15) is 0 Å². The van der Waals surface area contributed by atoms with Crippen LogP contribution in [-0.4, -0.2) is 26.1 Å². The number of rotatable bonds is 3. The van der Waals surface area contributed by atoms with Crippen LogP contribution in [0.2, 0.25) is 0 Å². The van der Waals surface area contributed by atoms with Crippen LogP contribution >= 0.6 is 0 Å². The van der Waals surface area contributed by atoms with E-state index in [0.717, 1.165) is 11.3 Å². The summed E-state index contributed by atoms with van der Waals surface area (Å²) in [6.45, 7) is 7.49. The van der Waals surface area contributed by atoms with Gasteiger partial charge in [0.05, 0.1) is 0 Å².